The Kier molecular flexibility index (Phi) is 4.83. The summed E-state index contributed by atoms with van der Waals surface area (Å²) in [5.74, 6) is 0. The number of halogens is 1. The summed E-state index contributed by atoms with van der Waals surface area (Å²) in [7, 11) is -3.36. The minimum atomic E-state index is -1.32. The minimum absolute atomic E-state index is 0.429. The van der Waals surface area contributed by atoms with Gasteiger partial charge in [-0.05, 0) is 10.1 Å². The first kappa shape index (κ1) is 16.9. The molecule has 0 bridgehead atoms. The van der Waals surface area contributed by atoms with E-state index in [1.54, 1.807) is 0 Å². The molecular formula is C12H30ClSi3. The predicted molar refractivity (Wildman–Crippen MR) is 86.0 cm³/mol. The van der Waals surface area contributed by atoms with Crippen molar-refractivity contribution in [2.75, 3.05) is 0 Å². The van der Waals surface area contributed by atoms with Gasteiger partial charge in [0.05, 0.1) is 15.2 Å². The Balaban J connectivity index is 5.30. The van der Waals surface area contributed by atoms with Crippen molar-refractivity contribution in [2.24, 2.45) is 0 Å². The molecule has 1 radical (unpaired) electrons. The van der Waals surface area contributed by atoms with Crippen molar-refractivity contribution in [2.45, 2.75) is 77.8 Å². The van der Waals surface area contributed by atoms with Crippen molar-refractivity contribution in [3.05, 3.63) is 0 Å². The van der Waals surface area contributed by atoms with Gasteiger partial charge in [-0.1, -0.05) is 67.7 Å². The van der Waals surface area contributed by atoms with Crippen LogP contribution in [-0.2, 0) is 0 Å². The maximum atomic E-state index is 7.06. The summed E-state index contributed by atoms with van der Waals surface area (Å²) in [5, 5.41) is 0.858. The van der Waals surface area contributed by atoms with Crippen molar-refractivity contribution in [1.29, 1.82) is 0 Å². The van der Waals surface area contributed by atoms with E-state index >= 15 is 0 Å². The van der Waals surface area contributed by atoms with Crippen molar-refractivity contribution in [3.8, 4) is 0 Å². The molecule has 0 unspecified atom stereocenters. The second kappa shape index (κ2) is 4.56. The lowest BCUT2D eigenvalue weighted by Crippen LogP contribution is -2.65. The third-order valence-electron chi connectivity index (χ3n) is 4.85. The van der Waals surface area contributed by atoms with Crippen LogP contribution in [0, 0.1) is 0 Å². The Labute approximate surface area is 111 Å². The molecule has 0 saturated carbocycles. The monoisotopic (exact) mass is 293 g/mol. The molecule has 0 heterocycles. The molecule has 0 aromatic heterocycles. The highest BCUT2D eigenvalue weighted by molar-refractivity contribution is 7.75. The highest BCUT2D eigenvalue weighted by Gasteiger charge is 2.54. The summed E-state index contributed by atoms with van der Waals surface area (Å²) in [6.07, 6.45) is 0. The molecule has 0 nitrogen and oxygen atoms in total. The third kappa shape index (κ3) is 3.03. The summed E-state index contributed by atoms with van der Waals surface area (Å²) in [5.41, 5.74) is 0. The summed E-state index contributed by atoms with van der Waals surface area (Å²) in [6.45, 7) is 24.4. The molecule has 0 amide bonds. The van der Waals surface area contributed by atoms with Crippen LogP contribution in [0.3, 0.4) is 0 Å². The number of rotatable bonds is 2. The molecule has 0 saturated heterocycles. The van der Waals surface area contributed by atoms with Gasteiger partial charge in [-0.25, -0.2) is 0 Å². The average molecular weight is 294 g/mol. The van der Waals surface area contributed by atoms with Crippen LogP contribution < -0.4 is 0 Å². The molecular weight excluding hydrogens is 264 g/mol. The van der Waals surface area contributed by atoms with E-state index in [9.17, 15) is 0 Å². The van der Waals surface area contributed by atoms with Gasteiger partial charge in [0.1, 0.15) is 7.14 Å². The van der Waals surface area contributed by atoms with E-state index in [2.05, 4.69) is 67.7 Å². The van der Waals surface area contributed by atoms with Crippen molar-refractivity contribution < 1.29 is 0 Å². The summed E-state index contributed by atoms with van der Waals surface area (Å²) in [4.78, 5) is 0. The smallest absolute Gasteiger partial charge is 0.144 e. The lowest BCUT2D eigenvalue weighted by atomic mass is 10.2. The van der Waals surface area contributed by atoms with Crippen LogP contribution in [0.4, 0.5) is 0 Å². The molecule has 0 atom stereocenters. The normalized spacial score (nSPS) is 15.8. The van der Waals surface area contributed by atoms with E-state index in [0.717, 1.165) is 0 Å². The standard InChI is InChI=1S/C12H30ClSi3/c1-11(2,3)15(7,8)14(13)16(9,10)12(4,5)6/h1-10H3. The van der Waals surface area contributed by atoms with Gasteiger partial charge in [0.2, 0.25) is 0 Å². The Bertz CT molecular complexity index is 220. The van der Waals surface area contributed by atoms with Gasteiger partial charge in [0, 0.05) is 0 Å². The first-order chi connectivity index (χ1) is 6.65. The zero-order chi connectivity index (χ0) is 13.6. The molecule has 0 aromatic rings. The molecule has 97 valence electrons. The maximum absolute atomic E-state index is 7.06. The fourth-order valence-electron chi connectivity index (χ4n) is 1.44. The Hall–Kier alpha value is 0.941. The average Bonchev–Trinajstić information content (AvgIpc) is 1.98. The van der Waals surface area contributed by atoms with Crippen LogP contribution in [-0.4, -0.2) is 22.3 Å². The van der Waals surface area contributed by atoms with E-state index in [1.807, 2.05) is 0 Å². The zero-order valence-corrected chi connectivity index (χ0v) is 16.6. The maximum Gasteiger partial charge on any atom is 0.144 e. The molecule has 0 N–H and O–H groups in total. The van der Waals surface area contributed by atoms with E-state index in [4.69, 9.17) is 11.1 Å². The first-order valence-corrected chi connectivity index (χ1v) is 16.7. The lowest BCUT2D eigenvalue weighted by molar-refractivity contribution is 0.728. The van der Waals surface area contributed by atoms with Crippen LogP contribution in [0.1, 0.15) is 41.5 Å². The minimum Gasteiger partial charge on any atom is -0.176 e. The summed E-state index contributed by atoms with van der Waals surface area (Å²) in [6, 6.07) is 0. The second-order valence-corrected chi connectivity index (χ2v) is 33.2. The molecule has 0 aliphatic carbocycles. The lowest BCUT2D eigenvalue weighted by Gasteiger charge is -2.49. The van der Waals surface area contributed by atoms with Crippen molar-refractivity contribution in [1.82, 2.24) is 0 Å². The van der Waals surface area contributed by atoms with E-state index in [1.165, 1.54) is 0 Å². The zero-order valence-electron chi connectivity index (χ0n) is 12.9. The number of hydrogen-bond donors (Lipinski definition) is 0. The van der Waals surface area contributed by atoms with Crippen LogP contribution >= 0.6 is 11.1 Å². The van der Waals surface area contributed by atoms with Gasteiger partial charge in [-0.3, -0.25) is 0 Å². The van der Waals surface area contributed by atoms with E-state index in [0.29, 0.717) is 10.1 Å². The van der Waals surface area contributed by atoms with Crippen LogP contribution in [0.15, 0.2) is 0 Å². The quantitative estimate of drug-likeness (QED) is 0.473. The SMILES string of the molecule is CC(C)(C)[Si](C)(C)[Si](Cl)[Si](C)(C)C(C)(C)C. The van der Waals surface area contributed by atoms with Gasteiger partial charge in [-0.15, -0.1) is 0 Å². The molecule has 0 aromatic carbocycles. The van der Waals surface area contributed by atoms with Crippen LogP contribution in [0.5, 0.6) is 0 Å². The van der Waals surface area contributed by atoms with Gasteiger partial charge in [0.15, 0.2) is 0 Å². The van der Waals surface area contributed by atoms with Gasteiger partial charge in [-0.2, -0.15) is 11.1 Å². The topological polar surface area (TPSA) is 0 Å². The summed E-state index contributed by atoms with van der Waals surface area (Å²) < 4.78 is 0. The molecule has 0 aliphatic heterocycles. The fourth-order valence-corrected chi connectivity index (χ4v) is 38.9. The molecule has 0 fully saturated rings. The Morgan fingerprint density at radius 1 is 0.688 bits per heavy atom. The van der Waals surface area contributed by atoms with Crippen LogP contribution in [0.2, 0.25) is 36.3 Å². The highest BCUT2D eigenvalue weighted by atomic mass is 35.6. The van der Waals surface area contributed by atoms with Crippen LogP contribution in [0.25, 0.3) is 0 Å². The Morgan fingerprint density at radius 3 is 1.00 bits per heavy atom. The van der Waals surface area contributed by atoms with Gasteiger partial charge >= 0.3 is 0 Å². The predicted octanol–water partition coefficient (Wildman–Crippen LogP) is 5.39. The second-order valence-electron chi connectivity index (χ2n) is 8.06. The van der Waals surface area contributed by atoms with Gasteiger partial charge < -0.3 is 0 Å². The third-order valence-corrected chi connectivity index (χ3v) is 45.4. The molecule has 0 rings (SSSR count). The number of hydrogen-bond acceptors (Lipinski definition) is 0. The van der Waals surface area contributed by atoms with Gasteiger partial charge in [0.25, 0.3) is 0 Å². The largest absolute Gasteiger partial charge is 0.176 e. The van der Waals surface area contributed by atoms with Crippen molar-refractivity contribution >= 4 is 33.4 Å². The first-order valence-electron chi connectivity index (χ1n) is 6.19. The fraction of sp³-hybridized carbons (Fsp3) is 1.00. The molecule has 4 heteroatoms. The molecule has 0 aliphatic rings. The van der Waals surface area contributed by atoms with E-state index in [-0.39, 0.29) is 0 Å². The van der Waals surface area contributed by atoms with Crippen molar-refractivity contribution in [3.63, 3.8) is 0 Å². The highest BCUT2D eigenvalue weighted by Crippen LogP contribution is 2.47. The van der Waals surface area contributed by atoms with E-state index < -0.39 is 22.3 Å². The molecule has 16 heavy (non-hydrogen) atoms. The summed E-state index contributed by atoms with van der Waals surface area (Å²) >= 11 is 7.06. The molecule has 0 spiro atoms. The Morgan fingerprint density at radius 2 is 0.875 bits per heavy atom.